The van der Waals surface area contributed by atoms with Gasteiger partial charge in [-0.15, -0.1) is 0 Å². The second kappa shape index (κ2) is 19.9. The van der Waals surface area contributed by atoms with Crippen molar-refractivity contribution in [3.8, 4) is 0 Å². The van der Waals surface area contributed by atoms with E-state index in [0.717, 1.165) is 61.7 Å². The minimum atomic E-state index is -4.53. The Bertz CT molecular complexity index is 2890. The molecule has 0 saturated heterocycles. The fourth-order valence-electron chi connectivity index (χ4n) is 6.89. The molecule has 0 N–H and O–H groups in total. The van der Waals surface area contributed by atoms with Crippen molar-refractivity contribution in [3.05, 3.63) is 162 Å². The van der Waals surface area contributed by atoms with Gasteiger partial charge in [0.25, 0.3) is 20.0 Å². The van der Waals surface area contributed by atoms with E-state index in [1.165, 1.54) is 60.7 Å². The molecule has 0 fully saturated rings. The largest absolute Gasteiger partial charge is 0.271 e. The Morgan fingerprint density at radius 2 is 0.431 bits per heavy atom. The average Bonchev–Trinajstić information content (AvgIpc) is 3.26. The van der Waals surface area contributed by atoms with Gasteiger partial charge in [0.1, 0.15) is 0 Å². The first-order valence-corrected chi connectivity index (χ1v) is 27.8. The number of nitrogens with zero attached hydrogens (tertiary/aromatic N) is 5. The number of hydrogen-bond acceptors (Lipinski definition) is 10. The average molecular weight is 984 g/mol. The van der Waals surface area contributed by atoms with Gasteiger partial charge >= 0.3 is 0 Å². The molecule has 0 atom stereocenters. The second-order valence-corrected chi connectivity index (χ2v) is 25.4. The molecule has 65 heavy (non-hydrogen) atoms. The SMILES string of the molecule is Cc1ccc(S(=O)(=O)N2/C=C\N(S(=O)(=O)c3ccc(C)cc3)CCN(S(=O)(=O)c3ccc(C)cc3)CCN(S(=O)(=O)c3ccc(C)cc3)CCN(S(=O)(=O)c3ccc(C)cc3)CC2)cc1. The summed E-state index contributed by atoms with van der Waals surface area (Å²) in [5.41, 5.74) is 3.84. The molecule has 348 valence electrons. The van der Waals surface area contributed by atoms with Gasteiger partial charge in [0, 0.05) is 64.8 Å². The summed E-state index contributed by atoms with van der Waals surface area (Å²) in [5, 5.41) is 0. The van der Waals surface area contributed by atoms with Crippen LogP contribution in [0.3, 0.4) is 0 Å². The van der Waals surface area contributed by atoms with Crippen LogP contribution in [0.15, 0.2) is 158 Å². The topological polar surface area (TPSA) is 187 Å². The zero-order chi connectivity index (χ0) is 47.4. The van der Waals surface area contributed by atoms with Crippen LogP contribution in [-0.2, 0) is 50.1 Å². The number of sulfonamides is 5. The molecule has 1 aliphatic heterocycles. The van der Waals surface area contributed by atoms with Crippen LogP contribution in [0.25, 0.3) is 0 Å². The van der Waals surface area contributed by atoms with Gasteiger partial charge in [0.15, 0.2) is 0 Å². The Hall–Kier alpha value is -4.93. The molecule has 0 amide bonds. The van der Waals surface area contributed by atoms with Crippen LogP contribution in [0.1, 0.15) is 27.8 Å². The molecule has 5 aromatic rings. The summed E-state index contributed by atoms with van der Waals surface area (Å²) in [6.07, 6.45) is 2.04. The van der Waals surface area contributed by atoms with Crippen molar-refractivity contribution < 1.29 is 42.1 Å². The van der Waals surface area contributed by atoms with Gasteiger partial charge in [-0.05, 0) is 95.3 Å². The lowest BCUT2D eigenvalue weighted by Crippen LogP contribution is -2.47. The van der Waals surface area contributed by atoms with Gasteiger partial charge in [-0.2, -0.15) is 12.9 Å². The molecule has 5 aromatic carbocycles. The summed E-state index contributed by atoms with van der Waals surface area (Å²) in [6.45, 7) is 4.84. The maximum absolute atomic E-state index is 14.6. The summed E-state index contributed by atoms with van der Waals surface area (Å²) in [5.74, 6) is 0. The highest BCUT2D eigenvalue weighted by Gasteiger charge is 2.34. The quantitative estimate of drug-likeness (QED) is 0.174. The van der Waals surface area contributed by atoms with Gasteiger partial charge < -0.3 is 0 Å². The summed E-state index contributed by atoms with van der Waals surface area (Å²) in [7, 11) is -22.4. The van der Waals surface area contributed by atoms with Crippen LogP contribution in [0.4, 0.5) is 0 Å². The maximum Gasteiger partial charge on any atom is 0.263 e. The Kier molecular flexibility index (Phi) is 15.1. The molecule has 0 saturated carbocycles. The van der Waals surface area contributed by atoms with Crippen molar-refractivity contribution in [1.82, 2.24) is 21.5 Å². The highest BCUT2D eigenvalue weighted by Crippen LogP contribution is 2.25. The van der Waals surface area contributed by atoms with E-state index in [0.29, 0.717) is 0 Å². The van der Waals surface area contributed by atoms with Crippen LogP contribution in [-0.4, -0.2) is 116 Å². The molecule has 0 spiro atoms. The number of rotatable bonds is 10. The van der Waals surface area contributed by atoms with E-state index in [-0.39, 0.29) is 24.5 Å². The second-order valence-electron chi connectivity index (χ2n) is 15.8. The Morgan fingerprint density at radius 3 is 0.631 bits per heavy atom. The number of aryl methyl sites for hydroxylation is 5. The minimum absolute atomic E-state index is 0.128. The molecule has 15 nitrogen and oxygen atoms in total. The van der Waals surface area contributed by atoms with Gasteiger partial charge in [-0.3, -0.25) is 8.61 Å². The summed E-state index contributed by atoms with van der Waals surface area (Å²) >= 11 is 0. The van der Waals surface area contributed by atoms with Crippen molar-refractivity contribution in [2.75, 3.05) is 52.4 Å². The predicted octanol–water partition coefficient (Wildman–Crippen LogP) is 5.47. The van der Waals surface area contributed by atoms with Gasteiger partial charge in [0.05, 0.1) is 24.5 Å². The van der Waals surface area contributed by atoms with E-state index < -0.39 is 102 Å². The fourth-order valence-corrected chi connectivity index (χ4v) is 13.7. The van der Waals surface area contributed by atoms with Crippen molar-refractivity contribution >= 4 is 50.1 Å². The molecule has 0 aromatic heterocycles. The van der Waals surface area contributed by atoms with Crippen molar-refractivity contribution in [3.63, 3.8) is 0 Å². The van der Waals surface area contributed by atoms with Gasteiger partial charge in [-0.1, -0.05) is 88.5 Å². The highest BCUT2D eigenvalue weighted by atomic mass is 32.2. The lowest BCUT2D eigenvalue weighted by molar-refractivity contribution is 0.308. The van der Waals surface area contributed by atoms with Crippen LogP contribution >= 0.6 is 0 Å². The third kappa shape index (κ3) is 11.4. The smallest absolute Gasteiger partial charge is 0.263 e. The molecular formula is C45H53N5O10S5. The molecule has 0 unspecified atom stereocenters. The number of hydrogen-bond donors (Lipinski definition) is 0. The van der Waals surface area contributed by atoms with Crippen LogP contribution in [0.2, 0.25) is 0 Å². The fraction of sp³-hybridized carbons (Fsp3) is 0.289. The first kappa shape index (κ1) is 49.5. The van der Waals surface area contributed by atoms with Gasteiger partial charge in [0.2, 0.25) is 30.1 Å². The minimum Gasteiger partial charge on any atom is -0.271 e. The van der Waals surface area contributed by atoms with Gasteiger partial charge in [-0.25, -0.2) is 42.1 Å². The van der Waals surface area contributed by atoms with Crippen LogP contribution < -0.4 is 0 Å². The zero-order valence-corrected chi connectivity index (χ0v) is 40.8. The predicted molar refractivity (Wildman–Crippen MR) is 249 cm³/mol. The first-order chi connectivity index (χ1) is 30.5. The van der Waals surface area contributed by atoms with E-state index in [9.17, 15) is 42.1 Å². The van der Waals surface area contributed by atoms with Crippen molar-refractivity contribution in [1.29, 1.82) is 0 Å². The molecule has 0 bridgehead atoms. The molecular weight excluding hydrogens is 931 g/mol. The van der Waals surface area contributed by atoms with Crippen molar-refractivity contribution in [2.45, 2.75) is 59.1 Å². The normalized spacial score (nSPS) is 17.0. The zero-order valence-electron chi connectivity index (χ0n) is 36.7. The third-order valence-electron chi connectivity index (χ3n) is 11.0. The molecule has 0 radical (unpaired) electrons. The first-order valence-electron chi connectivity index (χ1n) is 20.6. The van der Waals surface area contributed by atoms with E-state index in [4.69, 9.17) is 0 Å². The monoisotopic (exact) mass is 983 g/mol. The molecule has 6 rings (SSSR count). The highest BCUT2D eigenvalue weighted by molar-refractivity contribution is 7.90. The Morgan fingerprint density at radius 1 is 0.262 bits per heavy atom. The van der Waals surface area contributed by atoms with E-state index in [2.05, 4.69) is 0 Å². The molecule has 20 heteroatoms. The summed E-state index contributed by atoms with van der Waals surface area (Å²) in [6, 6.07) is 29.8. The standard InChI is InChI=1S/C45H53N5O10S5/c1-36-6-16-41(17-7-36)61(51,52)46-26-28-47(62(53,54)42-18-8-37(2)9-19-42)30-32-49(64(57,58)44-22-12-39(4)13-23-44)34-35-50(65(59,60)45-24-14-40(5)15-25-45)33-31-48(29-27-46)63(55,56)43-20-10-38(3)11-21-43/h6-26,28H,27,29-35H2,1-5H3/b28-26-. The molecule has 0 aliphatic carbocycles. The number of benzene rings is 5. The maximum atomic E-state index is 14.6. The lowest BCUT2D eigenvalue weighted by Gasteiger charge is -2.30. The lowest BCUT2D eigenvalue weighted by atomic mass is 10.2. The van der Waals surface area contributed by atoms with E-state index in [1.54, 1.807) is 95.3 Å². The van der Waals surface area contributed by atoms with Crippen molar-refractivity contribution in [2.24, 2.45) is 0 Å². The summed E-state index contributed by atoms with van der Waals surface area (Å²) < 4.78 is 150. The molecule has 1 aliphatic rings. The Labute approximate surface area is 384 Å². The van der Waals surface area contributed by atoms with Crippen LogP contribution in [0.5, 0.6) is 0 Å². The molecule has 1 heterocycles. The van der Waals surface area contributed by atoms with E-state index in [1.807, 2.05) is 0 Å². The van der Waals surface area contributed by atoms with Crippen LogP contribution in [0, 0.1) is 34.6 Å². The third-order valence-corrected chi connectivity index (χ3v) is 20.3. The Balaban J connectivity index is 1.55. The van der Waals surface area contributed by atoms with E-state index >= 15 is 0 Å². The summed E-state index contributed by atoms with van der Waals surface area (Å²) in [4.78, 5) is -0.738.